The van der Waals surface area contributed by atoms with Gasteiger partial charge in [0.05, 0.1) is 99.8 Å². The molecule has 18 heteroatoms. The van der Waals surface area contributed by atoms with E-state index in [1.54, 1.807) is 0 Å². The molecule has 1 aromatic carbocycles. The van der Waals surface area contributed by atoms with Crippen LogP contribution in [0.2, 0.25) is 0 Å². The number of nitrogens with zero attached hydrogens (tertiary/aromatic N) is 7. The first-order valence-corrected chi connectivity index (χ1v) is 19.3. The van der Waals surface area contributed by atoms with Gasteiger partial charge in [-0.05, 0) is 30.9 Å². The van der Waals surface area contributed by atoms with E-state index in [1.807, 2.05) is 42.2 Å². The van der Waals surface area contributed by atoms with E-state index in [-0.39, 0.29) is 23.0 Å². The molecule has 58 heavy (non-hydrogen) atoms. The maximum absolute atomic E-state index is 13.7. The molecule has 3 N–H and O–H groups in total. The number of fused-ring (bicyclic) bond motifs is 1. The number of Topliss-reactive ketones (excluding diaryl/α,β-unsaturated/α-hetero) is 1. The molecule has 3 aromatic heterocycles. The van der Waals surface area contributed by atoms with Crippen LogP contribution >= 0.6 is 0 Å². The molecule has 0 radical (unpaired) electrons. The predicted octanol–water partition coefficient (Wildman–Crippen LogP) is 1.80. The zero-order valence-electron chi connectivity index (χ0n) is 32.7. The van der Waals surface area contributed by atoms with Crippen molar-refractivity contribution in [1.82, 2.24) is 39.8 Å². The molecule has 2 aliphatic heterocycles. The second-order valence-corrected chi connectivity index (χ2v) is 13.6. The highest BCUT2D eigenvalue weighted by Crippen LogP contribution is 2.33. The highest BCUT2D eigenvalue weighted by molar-refractivity contribution is 6.45. The van der Waals surface area contributed by atoms with Crippen molar-refractivity contribution >= 4 is 34.1 Å². The van der Waals surface area contributed by atoms with Gasteiger partial charge in [0.1, 0.15) is 12.1 Å². The Morgan fingerprint density at radius 1 is 0.966 bits per heavy atom. The number of carbonyl (C=O) groups excluding carboxylic acids is 3. The standard InChI is InChI=1S/C40H49N9O9/c1-3-55-15-16-57-19-20-58-18-17-56-14-13-47-24-31(32(50)25-47)45-39(52)37-44-26-49(46-37)38-35-34(33(54-2)23-43-38)30(22-42-35)36(51)40(53)48-11-9-28(10-12-48)29(21-41)27-7-5-4-6-8-27/h4-8,22-23,26,31-32,42,50H,3,9-20,24-25H2,1-2H3,(H,45,52)/t31-,32-/m1/s1. The first-order valence-electron chi connectivity index (χ1n) is 19.3. The lowest BCUT2D eigenvalue weighted by Gasteiger charge is -2.28. The Labute approximate surface area is 335 Å². The van der Waals surface area contributed by atoms with E-state index in [2.05, 4.69) is 31.4 Å². The van der Waals surface area contributed by atoms with Crippen LogP contribution in [-0.2, 0) is 23.7 Å². The van der Waals surface area contributed by atoms with Crippen LogP contribution < -0.4 is 10.1 Å². The molecule has 2 amide bonds. The number of amides is 2. The minimum absolute atomic E-state index is 0.0929. The molecule has 0 unspecified atom stereocenters. The van der Waals surface area contributed by atoms with Gasteiger partial charge in [-0.25, -0.2) is 9.97 Å². The van der Waals surface area contributed by atoms with Gasteiger partial charge >= 0.3 is 0 Å². The maximum atomic E-state index is 13.7. The van der Waals surface area contributed by atoms with Crippen molar-refractivity contribution in [1.29, 1.82) is 5.26 Å². The van der Waals surface area contributed by atoms with Crippen molar-refractivity contribution in [3.8, 4) is 17.6 Å². The summed E-state index contributed by atoms with van der Waals surface area (Å²) in [7, 11) is 1.43. The number of allylic oxidation sites excluding steroid dienone is 1. The average Bonchev–Trinajstić information content (AvgIpc) is 4.01. The molecule has 6 rings (SSSR count). The number of ether oxygens (including phenoxy) is 5. The van der Waals surface area contributed by atoms with Crippen LogP contribution in [0, 0.1) is 11.3 Å². The third-order valence-electron chi connectivity index (χ3n) is 9.96. The summed E-state index contributed by atoms with van der Waals surface area (Å²) in [6.45, 7) is 7.91. The number of rotatable bonds is 20. The van der Waals surface area contributed by atoms with Crippen LogP contribution in [0.4, 0.5) is 0 Å². The molecule has 2 saturated heterocycles. The molecule has 0 aliphatic carbocycles. The highest BCUT2D eigenvalue weighted by atomic mass is 16.6. The summed E-state index contributed by atoms with van der Waals surface area (Å²) in [4.78, 5) is 55.6. The zero-order chi connectivity index (χ0) is 40.9. The number of benzene rings is 1. The van der Waals surface area contributed by atoms with Crippen LogP contribution in [0.5, 0.6) is 5.75 Å². The molecule has 0 spiro atoms. The maximum Gasteiger partial charge on any atom is 0.295 e. The number of piperidine rings is 1. The first-order chi connectivity index (χ1) is 28.3. The number of β-amino-alcohol motifs (C(OH)–C–C–N with tert-alkyl or cyclic N) is 1. The highest BCUT2D eigenvalue weighted by Gasteiger charge is 2.34. The monoisotopic (exact) mass is 799 g/mol. The van der Waals surface area contributed by atoms with E-state index in [4.69, 9.17) is 23.7 Å². The molecule has 0 bridgehead atoms. The quantitative estimate of drug-likeness (QED) is 0.0503. The Hall–Kier alpha value is -5.55. The largest absolute Gasteiger partial charge is 0.494 e. The molecule has 0 saturated carbocycles. The Balaban J connectivity index is 1.01. The number of nitrogens with one attached hydrogen (secondary N) is 2. The van der Waals surface area contributed by atoms with Gasteiger partial charge < -0.3 is 44.0 Å². The molecule has 2 fully saturated rings. The minimum Gasteiger partial charge on any atom is -0.494 e. The summed E-state index contributed by atoms with van der Waals surface area (Å²) in [5.41, 5.74) is 2.81. The predicted molar refractivity (Wildman–Crippen MR) is 209 cm³/mol. The van der Waals surface area contributed by atoms with Gasteiger partial charge in [0.25, 0.3) is 17.6 Å². The number of H-pyrrole nitrogens is 1. The molecule has 2 atom stereocenters. The van der Waals surface area contributed by atoms with Gasteiger partial charge in [0.15, 0.2) is 5.82 Å². The number of hydrogen-bond donors (Lipinski definition) is 3. The third kappa shape index (κ3) is 10.3. The van der Waals surface area contributed by atoms with Gasteiger partial charge in [-0.1, -0.05) is 30.3 Å². The second-order valence-electron chi connectivity index (χ2n) is 13.6. The van der Waals surface area contributed by atoms with Gasteiger partial charge in [-0.3, -0.25) is 19.3 Å². The van der Waals surface area contributed by atoms with Crippen molar-refractivity contribution in [3.05, 3.63) is 71.6 Å². The Bertz CT molecular complexity index is 2090. The normalized spacial score (nSPS) is 17.1. The van der Waals surface area contributed by atoms with Gasteiger partial charge in [-0.15, -0.1) is 5.10 Å². The first kappa shape index (κ1) is 42.1. The fourth-order valence-corrected chi connectivity index (χ4v) is 6.94. The van der Waals surface area contributed by atoms with Crippen molar-refractivity contribution < 1.29 is 43.2 Å². The van der Waals surface area contributed by atoms with Crippen LogP contribution in [0.15, 0.2) is 54.6 Å². The number of carbonyl (C=O) groups is 3. The number of aromatic nitrogens is 5. The average molecular weight is 800 g/mol. The minimum atomic E-state index is -0.801. The molecular weight excluding hydrogens is 750 g/mol. The van der Waals surface area contributed by atoms with E-state index >= 15 is 0 Å². The fourth-order valence-electron chi connectivity index (χ4n) is 6.94. The lowest BCUT2D eigenvalue weighted by Crippen LogP contribution is -2.43. The molecule has 18 nitrogen and oxygen atoms in total. The zero-order valence-corrected chi connectivity index (χ0v) is 32.7. The number of likely N-dealkylation sites (tertiary alicyclic amines) is 2. The van der Waals surface area contributed by atoms with Crippen molar-refractivity contribution in [2.75, 3.05) is 92.7 Å². The van der Waals surface area contributed by atoms with Gasteiger partial charge in [-0.2, -0.15) is 9.94 Å². The number of ketones is 1. The number of aliphatic hydroxyl groups is 1. The SMILES string of the molecule is CCOCCOCCOCCOCCN1C[C@@H](O)[C@H](NC(=O)c2ncn(-c3ncc(OC)c4c(C(=O)C(=O)N5CCC(=C(C#N)c6ccccc6)CC5)c[nH]c34)n2)C1. The lowest BCUT2D eigenvalue weighted by molar-refractivity contribution is -0.126. The molecule has 2 aliphatic rings. The summed E-state index contributed by atoms with van der Waals surface area (Å²) < 4.78 is 28.6. The second kappa shape index (κ2) is 20.7. The van der Waals surface area contributed by atoms with E-state index in [0.29, 0.717) is 115 Å². The molecule has 308 valence electrons. The number of aromatic amines is 1. The fraction of sp³-hybridized carbons (Fsp3) is 0.475. The smallest absolute Gasteiger partial charge is 0.295 e. The van der Waals surface area contributed by atoms with Crippen molar-refractivity contribution in [2.24, 2.45) is 0 Å². The number of methoxy groups -OCH3 is 1. The van der Waals surface area contributed by atoms with E-state index < -0.39 is 29.7 Å². The molecule has 5 heterocycles. The lowest BCUT2D eigenvalue weighted by atomic mass is 9.93. The summed E-state index contributed by atoms with van der Waals surface area (Å²) in [5, 5.41) is 28.0. The van der Waals surface area contributed by atoms with Crippen molar-refractivity contribution in [3.63, 3.8) is 0 Å². The molecular formula is C40H49N9O9. The Morgan fingerprint density at radius 3 is 2.33 bits per heavy atom. The van der Waals surface area contributed by atoms with Gasteiger partial charge in [0, 0.05) is 45.5 Å². The van der Waals surface area contributed by atoms with Crippen LogP contribution in [0.3, 0.4) is 0 Å². The van der Waals surface area contributed by atoms with Crippen LogP contribution in [-0.4, -0.2) is 162 Å². The van der Waals surface area contributed by atoms with Gasteiger partial charge in [0.2, 0.25) is 5.82 Å². The Kier molecular flexibility index (Phi) is 15.0. The number of aliphatic hydroxyl groups excluding tert-OH is 1. The summed E-state index contributed by atoms with van der Waals surface area (Å²) >= 11 is 0. The topological polar surface area (TPSA) is 219 Å². The van der Waals surface area contributed by atoms with E-state index in [1.165, 1.54) is 35.4 Å². The number of pyridine rings is 1. The van der Waals surface area contributed by atoms with Crippen LogP contribution in [0.1, 0.15) is 46.3 Å². The Morgan fingerprint density at radius 2 is 1.66 bits per heavy atom. The van der Waals surface area contributed by atoms with Crippen LogP contribution in [0.25, 0.3) is 22.3 Å². The third-order valence-corrected chi connectivity index (χ3v) is 9.96. The van der Waals surface area contributed by atoms with Crippen molar-refractivity contribution in [2.45, 2.75) is 31.9 Å². The number of hydrogen-bond acceptors (Lipinski definition) is 14. The summed E-state index contributed by atoms with van der Waals surface area (Å²) in [5.74, 6) is -1.66. The molecule has 4 aromatic rings. The van der Waals surface area contributed by atoms with E-state index in [9.17, 15) is 24.8 Å². The summed E-state index contributed by atoms with van der Waals surface area (Å²) in [6, 6.07) is 11.2. The number of nitriles is 1. The van der Waals surface area contributed by atoms with E-state index in [0.717, 1.165) is 11.1 Å². The summed E-state index contributed by atoms with van der Waals surface area (Å²) in [6.07, 6.45) is 4.29.